The molecule has 22 heteroatoms. The first-order chi connectivity index (χ1) is 69.8. The van der Waals surface area contributed by atoms with E-state index in [1.165, 1.54) is 142 Å². The van der Waals surface area contributed by atoms with Crippen molar-refractivity contribution in [3.05, 3.63) is 313 Å². The number of alkyl carbamates (subject to hydrolysis) is 1. The fourth-order valence-electron chi connectivity index (χ4n) is 22.8. The highest BCUT2D eigenvalue weighted by Crippen LogP contribution is 2.51. The summed E-state index contributed by atoms with van der Waals surface area (Å²) in [6.07, 6.45) is 18.3. The molecule has 0 spiro atoms. The zero-order chi connectivity index (χ0) is 102. The highest BCUT2D eigenvalue weighted by Gasteiger charge is 2.44. The number of hydrogen-bond donors (Lipinski definition) is 5. The van der Waals surface area contributed by atoms with Crippen LogP contribution in [0.2, 0.25) is 0 Å². The number of fused-ring (bicyclic) bond motifs is 10. The molecular weight excluding hydrogens is 1800 g/mol. The molecule has 0 aromatic heterocycles. The predicted molar refractivity (Wildman–Crippen MR) is 577 cm³/mol. The molecule has 5 aliphatic carbocycles. The number of urea groups is 3. The number of unbranched alkanes of at least 4 members (excludes halogenated alkanes) is 5. The highest BCUT2D eigenvalue weighted by molar-refractivity contribution is 5.96. The molecule has 10 aliphatic rings. The van der Waals surface area contributed by atoms with E-state index in [1.54, 1.807) is 39.5 Å². The van der Waals surface area contributed by atoms with Crippen molar-refractivity contribution in [2.75, 3.05) is 97.5 Å². The Hall–Kier alpha value is -13.6. The Balaban J connectivity index is 0.000000137. The van der Waals surface area contributed by atoms with Crippen LogP contribution >= 0.6 is 0 Å². The molecule has 0 bridgehead atoms. The zero-order valence-corrected chi connectivity index (χ0v) is 87.0. The molecule has 0 saturated carbocycles. The summed E-state index contributed by atoms with van der Waals surface area (Å²) < 4.78 is 27.0. The van der Waals surface area contributed by atoms with Crippen molar-refractivity contribution < 1.29 is 57.2 Å². The normalized spacial score (nSPS) is 17.7. The molecule has 5 aliphatic heterocycles. The van der Waals surface area contributed by atoms with E-state index < -0.39 is 17.7 Å². The summed E-state index contributed by atoms with van der Waals surface area (Å²) in [4.78, 5) is 99.5. The first-order valence-corrected chi connectivity index (χ1v) is 52.4. The van der Waals surface area contributed by atoms with Crippen LogP contribution in [0.15, 0.2) is 246 Å². The lowest BCUT2D eigenvalue weighted by Gasteiger charge is -2.41. The lowest BCUT2D eigenvalue weighted by atomic mass is 9.82. The molecule has 5 atom stereocenters. The number of anilines is 2. The second-order valence-electron chi connectivity index (χ2n) is 40.9. The van der Waals surface area contributed by atoms with Crippen LogP contribution in [0, 0.1) is 11.8 Å². The predicted octanol–water partition coefficient (Wildman–Crippen LogP) is 24.3. The van der Waals surface area contributed by atoms with Crippen LogP contribution in [0.25, 0.3) is 27.9 Å². The third-order valence-electron chi connectivity index (χ3n) is 29.5. The van der Waals surface area contributed by atoms with Gasteiger partial charge in [-0.2, -0.15) is 0 Å². The smallest absolute Gasteiger partial charge is 0.408 e. The molecule has 0 fully saturated rings. The summed E-state index contributed by atoms with van der Waals surface area (Å²) in [7, 11) is 4.76. The molecule has 19 rings (SSSR count). The Labute approximate surface area is 852 Å². The lowest BCUT2D eigenvalue weighted by Crippen LogP contribution is -2.51. The van der Waals surface area contributed by atoms with Crippen molar-refractivity contribution in [2.24, 2.45) is 11.8 Å². The molecule has 0 saturated heterocycles. The largest absolute Gasteiger partial charge is 0.497 e. The molecule has 5 N–H and O–H groups in total. The van der Waals surface area contributed by atoms with Gasteiger partial charge in [-0.05, 0) is 282 Å². The van der Waals surface area contributed by atoms with Crippen molar-refractivity contribution >= 4 is 81.1 Å². The summed E-state index contributed by atoms with van der Waals surface area (Å²) in [5, 5.41) is 14.2. The van der Waals surface area contributed by atoms with Gasteiger partial charge in [-0.25, -0.2) is 19.2 Å². The van der Waals surface area contributed by atoms with Crippen LogP contribution in [-0.2, 0) is 51.2 Å². The maximum atomic E-state index is 13.7. The van der Waals surface area contributed by atoms with Crippen LogP contribution in [-0.4, -0.2) is 177 Å². The fourth-order valence-corrected chi connectivity index (χ4v) is 22.8. The lowest BCUT2D eigenvalue weighted by molar-refractivity contribution is -0.133. The number of nitrogens with one attached hydrogen (secondary N) is 5. The Kier molecular flexibility index (Phi) is 35.7. The number of hydrogen-bond acceptors (Lipinski definition) is 12. The minimum Gasteiger partial charge on any atom is -0.497 e. The molecule has 10 amide bonds. The summed E-state index contributed by atoms with van der Waals surface area (Å²) in [5.41, 5.74) is 30.9. The van der Waals surface area contributed by atoms with Crippen molar-refractivity contribution in [3.63, 3.8) is 0 Å². The monoisotopic (exact) mass is 1950 g/mol. The van der Waals surface area contributed by atoms with Gasteiger partial charge in [0.05, 0.1) is 70.0 Å². The second kappa shape index (κ2) is 49.1. The van der Waals surface area contributed by atoms with Gasteiger partial charge in [0.1, 0.15) is 35.1 Å². The van der Waals surface area contributed by atoms with Crippen molar-refractivity contribution in [3.8, 4) is 23.0 Å². The summed E-state index contributed by atoms with van der Waals surface area (Å²) >= 11 is 0. The van der Waals surface area contributed by atoms with E-state index in [1.807, 2.05) is 89.8 Å². The number of benzene rings is 9. The number of nitrogens with zero attached hydrogens (tertiary/aromatic N) is 5. The third-order valence-corrected chi connectivity index (χ3v) is 29.5. The van der Waals surface area contributed by atoms with Gasteiger partial charge >= 0.3 is 24.2 Å². The van der Waals surface area contributed by atoms with E-state index in [4.69, 9.17) is 23.7 Å². The minimum absolute atomic E-state index is 0.0252. The number of methoxy groups -OCH3 is 3. The summed E-state index contributed by atoms with van der Waals surface area (Å²) in [6, 6.07) is 74.3. The maximum Gasteiger partial charge on any atom is 0.408 e. The minimum atomic E-state index is -0.576. The number of carbonyl (C=O) groups excluding carboxylic acids is 7. The fraction of sp³-hybridized carbons (Fsp3) is 0.418. The highest BCUT2D eigenvalue weighted by atomic mass is 16.6. The zero-order valence-electron chi connectivity index (χ0n) is 87.0. The van der Waals surface area contributed by atoms with E-state index in [0.717, 1.165) is 128 Å². The quantitative estimate of drug-likeness (QED) is 0.0318. The van der Waals surface area contributed by atoms with Gasteiger partial charge in [0.2, 0.25) is 17.7 Å². The van der Waals surface area contributed by atoms with E-state index in [2.05, 4.69) is 238 Å². The van der Waals surface area contributed by atoms with Crippen LogP contribution < -0.4 is 45.5 Å². The van der Waals surface area contributed by atoms with Crippen molar-refractivity contribution in [2.45, 2.75) is 234 Å². The number of para-hydroxylation sites is 2. The van der Waals surface area contributed by atoms with E-state index in [-0.39, 0.29) is 67.1 Å². The Morgan fingerprint density at radius 1 is 0.417 bits per heavy atom. The maximum absolute atomic E-state index is 13.7. The van der Waals surface area contributed by atoms with Gasteiger partial charge in [0.15, 0.2) is 0 Å². The van der Waals surface area contributed by atoms with Gasteiger partial charge < -0.3 is 74.8 Å². The van der Waals surface area contributed by atoms with Gasteiger partial charge in [-0.15, -0.1) is 0 Å². The second-order valence-corrected chi connectivity index (χ2v) is 40.9. The molecule has 144 heavy (non-hydrogen) atoms. The van der Waals surface area contributed by atoms with Gasteiger partial charge in [-0.1, -0.05) is 256 Å². The average Bonchev–Trinajstić information content (AvgIpc) is 1.64. The van der Waals surface area contributed by atoms with Crippen LogP contribution in [0.1, 0.15) is 245 Å². The molecule has 9 aromatic rings. The Morgan fingerprint density at radius 2 is 0.903 bits per heavy atom. The van der Waals surface area contributed by atoms with Gasteiger partial charge in [0, 0.05) is 64.2 Å². The molecular formula is C122H148N10O12. The Morgan fingerprint density at radius 3 is 1.48 bits per heavy atom. The number of carbonyl (C=O) groups is 7. The first kappa shape index (κ1) is 105. The number of amides is 10. The number of ether oxygens (including phenoxy) is 5. The van der Waals surface area contributed by atoms with Crippen LogP contribution in [0.3, 0.4) is 0 Å². The van der Waals surface area contributed by atoms with E-state index in [9.17, 15) is 33.6 Å². The van der Waals surface area contributed by atoms with Gasteiger partial charge in [-0.3, -0.25) is 14.4 Å². The van der Waals surface area contributed by atoms with Crippen molar-refractivity contribution in [1.29, 1.82) is 0 Å². The number of rotatable bonds is 26. The van der Waals surface area contributed by atoms with Crippen molar-refractivity contribution in [1.82, 2.24) is 40.4 Å². The first-order valence-electron chi connectivity index (χ1n) is 52.4. The van der Waals surface area contributed by atoms with Gasteiger partial charge in [0.25, 0.3) is 0 Å². The molecule has 9 aromatic carbocycles. The summed E-state index contributed by atoms with van der Waals surface area (Å²) in [6.45, 7) is 28.6. The molecule has 0 radical (unpaired) electrons. The van der Waals surface area contributed by atoms with Crippen LogP contribution in [0.4, 0.5) is 30.6 Å². The molecule has 22 nitrogen and oxygen atoms in total. The average molecular weight is 1950 g/mol. The SMILES string of the molecule is CC(C)CC1C2=C(CCN1C(=O)CNC(=O)OC(C)(C)C)c1ccccc1C2.CCCCCCCC(=O)N1CCC2=C(Cc3ccccc32)C1c1ccc(OCC)cc1.CCCCNC(=O)N1CCC2=C(Cc3ccccc32)C1.COc1ccc(NC(=O)N2CCC3=C(Cc4ccccc43)C2C(C)c2ccccc2)c(OC)c1.COc1ccccc1NC(=O)NCC(=O)N1CCC2=C(Cc3ccccc32)C1C(C)C. The van der Waals surface area contributed by atoms with E-state index >= 15 is 0 Å². The summed E-state index contributed by atoms with van der Waals surface area (Å²) in [5.74, 6) is 3.85. The van der Waals surface area contributed by atoms with Crippen LogP contribution in [0.5, 0.6) is 23.0 Å². The molecule has 758 valence electrons. The van der Waals surface area contributed by atoms with E-state index in [0.29, 0.717) is 79.0 Å². The molecule has 5 heterocycles. The topological polar surface area (TPSA) is 242 Å². The Bertz CT molecular complexity index is 6240. The third kappa shape index (κ3) is 25.0. The molecule has 5 unspecified atom stereocenters. The standard InChI is InChI=1S/C29H30N2O3.C28H35NO2.C25H29N3O3.C23H32N2O3.C17H22N2O/c1-19(20-9-5-4-6-10-20)28-25-17-21-11-7-8-12-23(21)24(25)15-16-31(28)29(32)30-26-14-13-22(33-2)18-27(26)34-3;1-3-5-6-7-8-13-27(30)29-19-18-25-24-12-10-9-11-22(24)20-26(25)28(29)21-14-16-23(17-15-21)31-4-2;1-16(2)24-20-14-17-8-4-5-9-18(17)19(20)12-13-28(24)23(29)15-26-25(30)27-21-10-6-7-11-22(21)31-3;1-15(2)12-20-19-13-16-8-6-7-9-17(16)18(19)10-11-25(20)21(26)14-24-22(27)28-23(3,4)5;1-2-3-9-18-17(20)19-10-8-16-14(12-19)11-13-6-4-5-7-15(13)16/h4-14,18-19,28H,15-17H2,1-3H3,(H,30,32);9-12,14-17,28H,3-8,13,18-20H2,1-2H3;4-11,16,24H,12-15H2,1-3H3,(H2,26,27,30);6-9,15,20H,10-14H2,1-5H3,(H,24,27);4-7H,2-3,8-12H2,1H3,(H,18,20).